The van der Waals surface area contributed by atoms with Gasteiger partial charge in [0.15, 0.2) is 0 Å². The van der Waals surface area contributed by atoms with Gasteiger partial charge in [0, 0.05) is 22.3 Å². The van der Waals surface area contributed by atoms with E-state index in [1.807, 2.05) is 170 Å². The summed E-state index contributed by atoms with van der Waals surface area (Å²) in [4.78, 5) is 30.1. The Balaban J connectivity index is 0.000000143. The van der Waals surface area contributed by atoms with Crippen molar-refractivity contribution in [2.45, 2.75) is 0 Å². The van der Waals surface area contributed by atoms with Gasteiger partial charge in [0.1, 0.15) is 54.8 Å². The number of methoxy groups -OCH3 is 4. The molecule has 584 valence electrons. The minimum Gasteiger partial charge on any atom is -0.497 e. The number of aliphatic imine (C=N–C) groups is 4. The van der Waals surface area contributed by atoms with E-state index in [1.165, 1.54) is 31.8 Å². The molecule has 2 aliphatic rings. The zero-order valence-electron chi connectivity index (χ0n) is 65.3. The summed E-state index contributed by atoms with van der Waals surface area (Å²) in [7, 11) is 4.90. The molecule has 0 spiro atoms. The van der Waals surface area contributed by atoms with E-state index in [1.54, 1.807) is 28.4 Å². The van der Waals surface area contributed by atoms with E-state index < -0.39 is 15.8 Å². The van der Waals surface area contributed by atoms with Gasteiger partial charge < -0.3 is 38.9 Å². The molecule has 0 radical (unpaired) electrons. The predicted molar refractivity (Wildman–Crippen MR) is 490 cm³/mol. The molecule has 0 saturated heterocycles. The minimum absolute atomic E-state index is 0. The fourth-order valence-corrected chi connectivity index (χ4v) is 18.9. The van der Waals surface area contributed by atoms with Gasteiger partial charge in [0.25, 0.3) is 0 Å². The van der Waals surface area contributed by atoms with Gasteiger partial charge in [-0.25, -0.2) is 0 Å². The molecule has 0 aliphatic carbocycles. The molecule has 14 aromatic carbocycles. The van der Waals surface area contributed by atoms with Crippen LogP contribution in [-0.4, -0.2) is 51.5 Å². The van der Waals surface area contributed by atoms with Gasteiger partial charge >= 0.3 is 44.8 Å². The maximum atomic E-state index is 5.34. The number of ether oxygens (including phenoxy) is 4. The second-order valence-electron chi connectivity index (χ2n) is 27.1. The van der Waals surface area contributed by atoms with Crippen LogP contribution in [0.3, 0.4) is 0 Å². The van der Waals surface area contributed by atoms with Crippen molar-refractivity contribution in [2.75, 3.05) is 28.4 Å². The summed E-state index contributed by atoms with van der Waals surface area (Å²) in [6.45, 7) is 0. The Kier molecular flexibility index (Phi) is 29.5. The molecule has 0 N–H and O–H groups in total. The molecule has 0 unspecified atom stereocenters. The van der Waals surface area contributed by atoms with Crippen LogP contribution in [0.4, 0.5) is 11.6 Å². The monoisotopic (exact) mass is 1760 g/mol. The van der Waals surface area contributed by atoms with E-state index in [2.05, 4.69) is 255 Å². The average Bonchev–Trinajstić information content (AvgIpc) is 1.61. The molecule has 0 fully saturated rings. The summed E-state index contributed by atoms with van der Waals surface area (Å²) >= 11 is 0. The van der Waals surface area contributed by atoms with Crippen LogP contribution < -0.4 is 60.7 Å². The van der Waals surface area contributed by atoms with Crippen molar-refractivity contribution < 1.29 is 63.7 Å². The second-order valence-corrected chi connectivity index (χ2v) is 32.0. The third-order valence-electron chi connectivity index (χ3n) is 19.7. The maximum Gasteiger partial charge on any atom is 1.00 e. The van der Waals surface area contributed by atoms with Crippen LogP contribution >= 0.6 is 15.8 Å². The Morgan fingerprint density at radius 2 is 0.449 bits per heavy atom. The van der Waals surface area contributed by atoms with Crippen molar-refractivity contribution in [2.24, 2.45) is 20.0 Å². The first-order valence-electron chi connectivity index (χ1n) is 38.3. The standard InChI is InChI=1S/2C34H26N3O2.2C18H15P.2Ag/c2*1-38-27-17-13-25(14-18-27)31-21-29(23-9-5-3-6-10-23)33(35-31)37-34-30(24-11-7-4-8-12-24)22-32(36-34)26-15-19-28(39-2)20-16-26;2*1-4-10-16(11-5-1)19(17-12-6-2-7-13-17)18-14-8-3-9-15-18;;/h2*3-22H,1-2H3;2*1-15H;;/q2*-1;;;2*+1/p+2/b2*37-33-;;;;. The van der Waals surface area contributed by atoms with Crippen molar-refractivity contribution in [3.8, 4) is 67.8 Å². The molecule has 2 aliphatic heterocycles. The molecule has 16 aromatic rings. The van der Waals surface area contributed by atoms with E-state index in [0.29, 0.717) is 23.3 Å². The Labute approximate surface area is 724 Å². The van der Waals surface area contributed by atoms with Gasteiger partial charge in [-0.1, -0.05) is 267 Å². The van der Waals surface area contributed by atoms with E-state index in [0.717, 1.165) is 113 Å². The summed E-state index contributed by atoms with van der Waals surface area (Å²) in [5, 5.41) is 8.61. The van der Waals surface area contributed by atoms with Crippen molar-refractivity contribution in [1.29, 1.82) is 0 Å². The topological polar surface area (TPSA) is 115 Å². The molecule has 10 nitrogen and oxygen atoms in total. The first kappa shape index (κ1) is 83.3. The number of hydrogen-bond acceptors (Lipinski definition) is 6. The van der Waals surface area contributed by atoms with E-state index in [9.17, 15) is 0 Å². The third-order valence-corrected chi connectivity index (χ3v) is 25.1. The smallest absolute Gasteiger partial charge is 0.497 e. The van der Waals surface area contributed by atoms with Gasteiger partial charge in [0.2, 0.25) is 0 Å². The first-order chi connectivity index (χ1) is 57.3. The zero-order valence-corrected chi connectivity index (χ0v) is 70.3. The Morgan fingerprint density at radius 1 is 0.237 bits per heavy atom. The Hall–Kier alpha value is -12.7. The number of hydrogen-bond donors (Lipinski definition) is 0. The normalized spacial score (nSPS) is 12.5. The summed E-state index contributed by atoms with van der Waals surface area (Å²) in [6, 6.07) is 142. The number of amidine groups is 2. The predicted octanol–water partition coefficient (Wildman–Crippen LogP) is 21.6. The number of benzene rings is 14. The second kappa shape index (κ2) is 41.8. The molecular formula is C104H84Ag2N6O4P2+2. The Morgan fingerprint density at radius 3 is 0.678 bits per heavy atom. The molecular weight excluding hydrogens is 1670 g/mol. The summed E-state index contributed by atoms with van der Waals surface area (Å²) in [6.07, 6.45) is 4.18. The van der Waals surface area contributed by atoms with E-state index in [4.69, 9.17) is 48.9 Å². The molecule has 118 heavy (non-hydrogen) atoms. The third kappa shape index (κ3) is 20.9. The van der Waals surface area contributed by atoms with Crippen LogP contribution in [0.2, 0.25) is 0 Å². The van der Waals surface area contributed by atoms with Gasteiger partial charge in [-0.15, -0.1) is 0 Å². The molecule has 18 rings (SSSR count). The minimum atomic E-state index is -0.877. The SMILES string of the molecule is COc1ccc(C2=N/C(=N\c3[n-]c(-c4ccc(OC)cc4)cc3-c3ccccc3)C(c3ccccc3)=C2)cc1.COc1ccc(C2=N/C(=N\c3[n-]c(-c4ccc(OC)cc4)cc3-c3ccccc3)C(c3ccccc3)=C2)cc1.[Ag+].[Ag+].c1ccc([PH+](c2ccccc2)c2ccccc2)cc1.c1ccc([PH+](c2ccccc2)c2ccccc2)cc1. The number of nitrogens with zero attached hydrogens (tertiary/aromatic N) is 6. The van der Waals surface area contributed by atoms with Crippen LogP contribution in [0.5, 0.6) is 23.0 Å². The summed E-state index contributed by atoms with van der Waals surface area (Å²) in [5.41, 5.74) is 15.4. The molecule has 4 heterocycles. The van der Waals surface area contributed by atoms with Gasteiger partial charge in [0.05, 0.1) is 67.4 Å². The number of rotatable bonds is 20. The molecule has 0 amide bonds. The van der Waals surface area contributed by atoms with Crippen LogP contribution in [0, 0.1) is 0 Å². The maximum absolute atomic E-state index is 5.34. The largest absolute Gasteiger partial charge is 1.00 e. The zero-order chi connectivity index (χ0) is 79.0. The van der Waals surface area contributed by atoms with Gasteiger partial charge in [-0.2, -0.15) is 0 Å². The fourth-order valence-electron chi connectivity index (χ4n) is 13.8. The summed E-state index contributed by atoms with van der Waals surface area (Å²) < 4.78 is 21.3. The molecule has 0 bridgehead atoms. The van der Waals surface area contributed by atoms with Crippen molar-refractivity contribution >= 4 is 93.5 Å². The average molecular weight is 1760 g/mol. The number of allylic oxidation sites excluding steroid dienone is 2. The van der Waals surface area contributed by atoms with Crippen LogP contribution in [-0.2, 0) is 44.8 Å². The van der Waals surface area contributed by atoms with Crippen LogP contribution in [0.15, 0.2) is 445 Å². The van der Waals surface area contributed by atoms with Crippen molar-refractivity contribution in [1.82, 2.24) is 9.97 Å². The quantitative estimate of drug-likeness (QED) is 0.0555. The van der Waals surface area contributed by atoms with Crippen molar-refractivity contribution in [3.63, 3.8) is 0 Å². The van der Waals surface area contributed by atoms with E-state index in [-0.39, 0.29) is 44.8 Å². The van der Waals surface area contributed by atoms with E-state index >= 15 is 0 Å². The van der Waals surface area contributed by atoms with Crippen LogP contribution in [0.1, 0.15) is 22.3 Å². The number of aromatic nitrogens is 2. The molecule has 14 heteroatoms. The van der Waals surface area contributed by atoms with Crippen molar-refractivity contribution in [3.05, 3.63) is 447 Å². The molecule has 0 atom stereocenters. The first-order valence-corrected chi connectivity index (χ1v) is 41.3. The van der Waals surface area contributed by atoms with Gasteiger partial charge in [-0.3, -0.25) is 9.98 Å². The molecule has 2 aromatic heterocycles. The summed E-state index contributed by atoms with van der Waals surface area (Å²) in [5.74, 6) is 5.73. The Bertz CT molecular complexity index is 5480. The van der Waals surface area contributed by atoms with Gasteiger partial charge in [-0.05, 0) is 225 Å². The van der Waals surface area contributed by atoms with Crippen LogP contribution in [0.25, 0.3) is 55.9 Å². The molecule has 0 saturated carbocycles. The fraction of sp³-hybridized carbons (Fsp3) is 0.0385.